The summed E-state index contributed by atoms with van der Waals surface area (Å²) in [5.74, 6) is 0.232. The van der Waals surface area contributed by atoms with Crippen molar-refractivity contribution in [2.24, 2.45) is 5.92 Å². The minimum Gasteiger partial charge on any atom is -0.319 e. The van der Waals surface area contributed by atoms with Crippen LogP contribution in [0, 0.1) is 5.92 Å². The molecule has 0 radical (unpaired) electrons. The van der Waals surface area contributed by atoms with Crippen molar-refractivity contribution in [3.05, 3.63) is 27.1 Å². The van der Waals surface area contributed by atoms with Crippen LogP contribution in [0.25, 0.3) is 0 Å². The van der Waals surface area contributed by atoms with Gasteiger partial charge in [0.2, 0.25) is 10.0 Å². The molecule has 18 heavy (non-hydrogen) atoms. The molecule has 0 bridgehead atoms. The van der Waals surface area contributed by atoms with E-state index in [9.17, 15) is 8.42 Å². The molecule has 0 fully saturated rings. The third-order valence-electron chi connectivity index (χ3n) is 2.36. The molecule has 1 aromatic rings. The monoisotopic (exact) mass is 398 g/mol. The van der Waals surface area contributed by atoms with Gasteiger partial charge in [-0.3, -0.25) is 0 Å². The van der Waals surface area contributed by atoms with Crippen molar-refractivity contribution in [1.82, 2.24) is 10.0 Å². The number of hydrogen-bond acceptors (Lipinski definition) is 3. The number of hydrogen-bond donors (Lipinski definition) is 2. The van der Waals surface area contributed by atoms with Gasteiger partial charge in [0, 0.05) is 15.5 Å². The lowest BCUT2D eigenvalue weighted by molar-refractivity contribution is 0.519. The number of halogens is 2. The van der Waals surface area contributed by atoms with Crippen LogP contribution in [0.5, 0.6) is 0 Å². The normalized spacial score (nSPS) is 13.6. The SMILES string of the molecule is CNCC(C)CNS(=O)(=O)c1cc(Br)ccc1Br. The molecule has 4 nitrogen and oxygen atoms in total. The first-order valence-electron chi connectivity index (χ1n) is 5.46. The van der Waals surface area contributed by atoms with Crippen molar-refractivity contribution in [3.8, 4) is 0 Å². The molecule has 0 aromatic heterocycles. The molecule has 1 unspecified atom stereocenters. The van der Waals surface area contributed by atoms with Gasteiger partial charge in [-0.25, -0.2) is 13.1 Å². The Kier molecular flexibility index (Phi) is 6.26. The lowest BCUT2D eigenvalue weighted by Crippen LogP contribution is -2.32. The highest BCUT2D eigenvalue weighted by Crippen LogP contribution is 2.25. The predicted octanol–water partition coefficient (Wildman–Crippen LogP) is 2.35. The standard InChI is InChI=1S/C11H16Br2N2O2S/c1-8(6-14-2)7-15-18(16,17)11-5-9(12)3-4-10(11)13/h3-5,8,14-15H,6-7H2,1-2H3. The summed E-state index contributed by atoms with van der Waals surface area (Å²) in [6, 6.07) is 5.07. The van der Waals surface area contributed by atoms with Gasteiger partial charge < -0.3 is 5.32 Å². The van der Waals surface area contributed by atoms with Crippen LogP contribution < -0.4 is 10.0 Å². The fourth-order valence-corrected chi connectivity index (χ4v) is 4.10. The van der Waals surface area contributed by atoms with Crippen LogP contribution in [0.1, 0.15) is 6.92 Å². The van der Waals surface area contributed by atoms with E-state index in [2.05, 4.69) is 41.9 Å². The van der Waals surface area contributed by atoms with Crippen LogP contribution in [0.3, 0.4) is 0 Å². The van der Waals surface area contributed by atoms with Crippen molar-refractivity contribution in [3.63, 3.8) is 0 Å². The largest absolute Gasteiger partial charge is 0.319 e. The number of benzene rings is 1. The molecular formula is C11H16Br2N2O2S. The summed E-state index contributed by atoms with van der Waals surface area (Å²) < 4.78 is 28.2. The molecule has 0 aliphatic heterocycles. The molecule has 0 saturated heterocycles. The summed E-state index contributed by atoms with van der Waals surface area (Å²) in [5, 5.41) is 3.01. The Hall–Kier alpha value is 0.0500. The van der Waals surface area contributed by atoms with E-state index in [-0.39, 0.29) is 10.8 Å². The minimum absolute atomic E-state index is 0.232. The lowest BCUT2D eigenvalue weighted by Gasteiger charge is -2.13. The average Bonchev–Trinajstić information content (AvgIpc) is 2.30. The van der Waals surface area contributed by atoms with Gasteiger partial charge in [0.25, 0.3) is 0 Å². The van der Waals surface area contributed by atoms with E-state index in [0.29, 0.717) is 11.0 Å². The Morgan fingerprint density at radius 3 is 2.56 bits per heavy atom. The maximum absolute atomic E-state index is 12.1. The Morgan fingerprint density at radius 1 is 1.28 bits per heavy atom. The smallest absolute Gasteiger partial charge is 0.241 e. The van der Waals surface area contributed by atoms with Gasteiger partial charge in [-0.15, -0.1) is 0 Å². The van der Waals surface area contributed by atoms with Crippen molar-refractivity contribution >= 4 is 41.9 Å². The zero-order valence-corrected chi connectivity index (χ0v) is 14.2. The van der Waals surface area contributed by atoms with Crippen LogP contribution in [0.2, 0.25) is 0 Å². The van der Waals surface area contributed by atoms with E-state index in [1.807, 2.05) is 14.0 Å². The molecule has 7 heteroatoms. The van der Waals surface area contributed by atoms with Gasteiger partial charge in [0.1, 0.15) is 0 Å². The molecule has 0 amide bonds. The van der Waals surface area contributed by atoms with Crippen molar-refractivity contribution < 1.29 is 8.42 Å². The summed E-state index contributed by atoms with van der Waals surface area (Å²) in [4.78, 5) is 0.244. The Bertz CT molecular complexity index is 506. The molecule has 0 heterocycles. The second-order valence-corrected chi connectivity index (χ2v) is 7.59. The molecule has 0 spiro atoms. The summed E-state index contributed by atoms with van der Waals surface area (Å²) in [6.45, 7) is 3.15. The van der Waals surface area contributed by atoms with Gasteiger partial charge in [0.15, 0.2) is 0 Å². The van der Waals surface area contributed by atoms with E-state index in [1.54, 1.807) is 18.2 Å². The van der Waals surface area contributed by atoms with E-state index in [0.717, 1.165) is 11.0 Å². The third-order valence-corrected chi connectivity index (χ3v) is 5.27. The molecule has 1 rings (SSSR count). The van der Waals surface area contributed by atoms with Gasteiger partial charge in [0.05, 0.1) is 4.90 Å². The highest BCUT2D eigenvalue weighted by atomic mass is 79.9. The van der Waals surface area contributed by atoms with Crippen LogP contribution in [-0.2, 0) is 10.0 Å². The predicted molar refractivity (Wildman–Crippen MR) is 80.1 cm³/mol. The van der Waals surface area contributed by atoms with Crippen molar-refractivity contribution in [2.75, 3.05) is 20.1 Å². The summed E-state index contributed by atoms with van der Waals surface area (Å²) in [5.41, 5.74) is 0. The Morgan fingerprint density at radius 2 is 1.94 bits per heavy atom. The number of sulfonamides is 1. The number of rotatable bonds is 6. The summed E-state index contributed by atoms with van der Waals surface area (Å²) in [7, 11) is -1.64. The fraction of sp³-hybridized carbons (Fsp3) is 0.455. The van der Waals surface area contributed by atoms with Gasteiger partial charge in [-0.2, -0.15) is 0 Å². The highest BCUT2D eigenvalue weighted by molar-refractivity contribution is 9.11. The molecular weight excluding hydrogens is 384 g/mol. The van der Waals surface area contributed by atoms with Crippen LogP contribution in [0.4, 0.5) is 0 Å². The zero-order valence-electron chi connectivity index (χ0n) is 10.2. The maximum Gasteiger partial charge on any atom is 0.241 e. The van der Waals surface area contributed by atoms with E-state index < -0.39 is 10.0 Å². The minimum atomic E-state index is -3.48. The summed E-state index contributed by atoms with van der Waals surface area (Å²) in [6.07, 6.45) is 0. The van der Waals surface area contributed by atoms with Crippen molar-refractivity contribution in [2.45, 2.75) is 11.8 Å². The summed E-state index contributed by atoms with van der Waals surface area (Å²) >= 11 is 6.52. The molecule has 1 aromatic carbocycles. The molecule has 0 aliphatic rings. The first-order valence-corrected chi connectivity index (χ1v) is 8.53. The Balaban J connectivity index is 2.83. The van der Waals surface area contributed by atoms with Crippen molar-refractivity contribution in [1.29, 1.82) is 0 Å². The maximum atomic E-state index is 12.1. The van der Waals surface area contributed by atoms with E-state index in [1.165, 1.54) is 0 Å². The van der Waals surface area contributed by atoms with Gasteiger partial charge in [-0.1, -0.05) is 22.9 Å². The highest BCUT2D eigenvalue weighted by Gasteiger charge is 2.18. The topological polar surface area (TPSA) is 58.2 Å². The fourth-order valence-electron chi connectivity index (χ4n) is 1.43. The second kappa shape index (κ2) is 7.00. The molecule has 2 N–H and O–H groups in total. The Labute approximate surface area is 125 Å². The van der Waals surface area contributed by atoms with Crippen LogP contribution in [-0.4, -0.2) is 28.6 Å². The van der Waals surface area contributed by atoms with Gasteiger partial charge in [-0.05, 0) is 53.6 Å². The zero-order chi connectivity index (χ0) is 13.8. The molecule has 102 valence electrons. The van der Waals surface area contributed by atoms with Crippen LogP contribution in [0.15, 0.2) is 32.0 Å². The van der Waals surface area contributed by atoms with E-state index >= 15 is 0 Å². The molecule has 0 aliphatic carbocycles. The second-order valence-electron chi connectivity index (χ2n) is 4.09. The quantitative estimate of drug-likeness (QED) is 0.771. The van der Waals surface area contributed by atoms with E-state index in [4.69, 9.17) is 0 Å². The van der Waals surface area contributed by atoms with Gasteiger partial charge >= 0.3 is 0 Å². The molecule has 0 saturated carbocycles. The van der Waals surface area contributed by atoms with Crippen LogP contribution >= 0.6 is 31.9 Å². The lowest BCUT2D eigenvalue weighted by atomic mass is 10.2. The number of nitrogens with one attached hydrogen (secondary N) is 2. The average molecular weight is 400 g/mol. The first-order chi connectivity index (χ1) is 8.36. The third kappa shape index (κ3) is 4.62. The molecule has 1 atom stereocenters. The first kappa shape index (κ1) is 16.1.